The summed E-state index contributed by atoms with van der Waals surface area (Å²) in [6.45, 7) is 6.12. The largest absolute Gasteiger partial charge is 0.454 e. The number of carbonyl (C=O) groups excluding carboxylic acids is 1. The maximum atomic E-state index is 13.6. The van der Waals surface area contributed by atoms with Crippen LogP contribution in [0.2, 0.25) is 0 Å². The number of nitrogens with zero attached hydrogens (tertiary/aromatic N) is 2. The fourth-order valence-corrected chi connectivity index (χ4v) is 6.24. The molecule has 0 aromatic heterocycles. The Hall–Kier alpha value is -3.11. The van der Waals surface area contributed by atoms with E-state index in [1.807, 2.05) is 31.2 Å². The lowest BCUT2D eigenvalue weighted by atomic mass is 9.60. The van der Waals surface area contributed by atoms with Gasteiger partial charge in [-0.2, -0.15) is 10.5 Å². The van der Waals surface area contributed by atoms with Crippen molar-refractivity contribution in [2.45, 2.75) is 90.6 Å². The van der Waals surface area contributed by atoms with Crippen molar-refractivity contribution < 1.29 is 9.53 Å². The molecule has 182 valence electrons. The number of aryl methyl sites for hydroxylation is 1. The van der Waals surface area contributed by atoms with E-state index in [1.54, 1.807) is 0 Å². The maximum Gasteiger partial charge on any atom is 0.312 e. The van der Waals surface area contributed by atoms with Crippen LogP contribution in [-0.4, -0.2) is 5.97 Å². The molecule has 3 aliphatic rings. The van der Waals surface area contributed by atoms with Crippen molar-refractivity contribution in [3.63, 3.8) is 0 Å². The molecule has 3 aliphatic carbocycles. The Balaban J connectivity index is 1.72. The van der Waals surface area contributed by atoms with Crippen LogP contribution in [0.3, 0.4) is 0 Å². The third-order valence-electron chi connectivity index (χ3n) is 8.37. The fourth-order valence-electron chi connectivity index (χ4n) is 6.24. The number of hydrogen-bond acceptors (Lipinski definition) is 4. The van der Waals surface area contributed by atoms with Gasteiger partial charge in [-0.15, -0.1) is 0 Å². The monoisotopic (exact) mass is 468 g/mol. The molecular formula is C31H36N2O2. The third kappa shape index (κ3) is 4.72. The number of nitriles is 2. The lowest BCUT2D eigenvalue weighted by Gasteiger charge is -2.46. The molecule has 1 atom stereocenters. The Bertz CT molecular complexity index is 1150. The van der Waals surface area contributed by atoms with Gasteiger partial charge in [-0.25, -0.2) is 0 Å². The zero-order valence-electron chi connectivity index (χ0n) is 21.3. The highest BCUT2D eigenvalue weighted by Gasteiger charge is 2.49. The standard InChI is InChI=1S/C31H36N2O2/c1-4-6-22-7-9-24(10-8-22)25-11-12-28(27(21-33)26(25)20-32)30(3,16-5-2)35-29(34)31-17-13-23(14-18-31)15-19-31/h7-12,23H,4-6,13-19H2,1-3H3. The Labute approximate surface area is 209 Å². The Morgan fingerprint density at radius 3 is 2.14 bits per heavy atom. The van der Waals surface area contributed by atoms with Crippen molar-refractivity contribution >= 4 is 5.97 Å². The second-order valence-electron chi connectivity index (χ2n) is 10.7. The number of rotatable bonds is 8. The van der Waals surface area contributed by atoms with E-state index in [0.29, 0.717) is 23.1 Å². The lowest BCUT2D eigenvalue weighted by Crippen LogP contribution is -2.44. The Morgan fingerprint density at radius 1 is 0.971 bits per heavy atom. The number of fused-ring (bicyclic) bond motifs is 3. The van der Waals surface area contributed by atoms with Crippen LogP contribution < -0.4 is 0 Å². The SMILES string of the molecule is CCCc1ccc(-c2ccc(C(C)(CCC)OC(=O)C34CCC(CC3)CC4)c(C#N)c2C#N)cc1. The smallest absolute Gasteiger partial charge is 0.312 e. The second-order valence-corrected chi connectivity index (χ2v) is 10.7. The molecule has 4 heteroatoms. The summed E-state index contributed by atoms with van der Waals surface area (Å²) in [7, 11) is 0. The average molecular weight is 469 g/mol. The number of esters is 1. The van der Waals surface area contributed by atoms with E-state index in [9.17, 15) is 15.3 Å². The Kier molecular flexibility index (Phi) is 7.32. The summed E-state index contributed by atoms with van der Waals surface area (Å²) in [5, 5.41) is 20.3. The normalized spacial score (nSPS) is 22.6. The molecule has 5 rings (SSSR count). The lowest BCUT2D eigenvalue weighted by molar-refractivity contribution is -0.179. The molecule has 0 aliphatic heterocycles. The molecule has 0 amide bonds. The minimum absolute atomic E-state index is 0.121. The molecule has 4 nitrogen and oxygen atoms in total. The van der Waals surface area contributed by atoms with Gasteiger partial charge in [-0.1, -0.05) is 63.1 Å². The molecule has 0 spiro atoms. The number of benzene rings is 2. The highest BCUT2D eigenvalue weighted by molar-refractivity contribution is 5.79. The zero-order chi connectivity index (χ0) is 25.1. The van der Waals surface area contributed by atoms with Crippen LogP contribution in [0.4, 0.5) is 0 Å². The summed E-state index contributed by atoms with van der Waals surface area (Å²) < 4.78 is 6.35. The van der Waals surface area contributed by atoms with Gasteiger partial charge in [0.15, 0.2) is 0 Å². The van der Waals surface area contributed by atoms with Crippen molar-refractivity contribution in [1.82, 2.24) is 0 Å². The van der Waals surface area contributed by atoms with Crippen LogP contribution in [0.15, 0.2) is 36.4 Å². The zero-order valence-corrected chi connectivity index (χ0v) is 21.3. The molecule has 3 saturated carbocycles. The molecule has 3 fully saturated rings. The van der Waals surface area contributed by atoms with Gasteiger partial charge in [0.05, 0.1) is 16.5 Å². The molecule has 0 N–H and O–H groups in total. The first-order valence-electron chi connectivity index (χ1n) is 13.2. The van der Waals surface area contributed by atoms with Crippen molar-refractivity contribution in [1.29, 1.82) is 10.5 Å². The summed E-state index contributed by atoms with van der Waals surface area (Å²) in [4.78, 5) is 13.6. The molecule has 0 heterocycles. The van der Waals surface area contributed by atoms with Gasteiger partial charge in [0, 0.05) is 11.1 Å². The molecule has 0 saturated heterocycles. The van der Waals surface area contributed by atoms with Crippen molar-refractivity contribution in [3.8, 4) is 23.3 Å². The van der Waals surface area contributed by atoms with E-state index in [0.717, 1.165) is 74.8 Å². The first-order chi connectivity index (χ1) is 16.9. The fraction of sp³-hybridized carbons (Fsp3) is 0.516. The predicted molar refractivity (Wildman–Crippen MR) is 137 cm³/mol. The highest BCUT2D eigenvalue weighted by Crippen LogP contribution is 2.52. The van der Waals surface area contributed by atoms with Gasteiger partial charge in [0.1, 0.15) is 17.7 Å². The highest BCUT2D eigenvalue weighted by atomic mass is 16.6. The van der Waals surface area contributed by atoms with E-state index in [-0.39, 0.29) is 11.4 Å². The van der Waals surface area contributed by atoms with Crippen LogP contribution in [0, 0.1) is 34.0 Å². The average Bonchev–Trinajstić information content (AvgIpc) is 2.89. The third-order valence-corrected chi connectivity index (χ3v) is 8.37. The number of ether oxygens (including phenoxy) is 1. The molecular weight excluding hydrogens is 432 g/mol. The summed E-state index contributed by atoms with van der Waals surface area (Å²) >= 11 is 0. The van der Waals surface area contributed by atoms with Crippen LogP contribution in [0.25, 0.3) is 11.1 Å². The van der Waals surface area contributed by atoms with E-state index < -0.39 is 5.60 Å². The van der Waals surface area contributed by atoms with Crippen molar-refractivity contribution in [2.24, 2.45) is 11.3 Å². The van der Waals surface area contributed by atoms with E-state index >= 15 is 0 Å². The minimum atomic E-state index is -0.949. The van der Waals surface area contributed by atoms with E-state index in [2.05, 4.69) is 38.1 Å². The van der Waals surface area contributed by atoms with E-state index in [1.165, 1.54) is 5.56 Å². The molecule has 2 aromatic rings. The van der Waals surface area contributed by atoms with Crippen LogP contribution in [-0.2, 0) is 21.6 Å². The van der Waals surface area contributed by atoms with Crippen LogP contribution in [0.1, 0.15) is 101 Å². The van der Waals surface area contributed by atoms with E-state index in [4.69, 9.17) is 4.74 Å². The first-order valence-corrected chi connectivity index (χ1v) is 13.2. The second kappa shape index (κ2) is 10.2. The molecule has 0 radical (unpaired) electrons. The van der Waals surface area contributed by atoms with Crippen LogP contribution in [0.5, 0.6) is 0 Å². The van der Waals surface area contributed by atoms with Gasteiger partial charge < -0.3 is 4.74 Å². The van der Waals surface area contributed by atoms with Crippen LogP contribution >= 0.6 is 0 Å². The molecule has 35 heavy (non-hydrogen) atoms. The topological polar surface area (TPSA) is 73.9 Å². The first kappa shape index (κ1) is 25.0. The van der Waals surface area contributed by atoms with Gasteiger partial charge in [0.25, 0.3) is 0 Å². The quantitative estimate of drug-likeness (QED) is 0.374. The van der Waals surface area contributed by atoms with Gasteiger partial charge in [-0.3, -0.25) is 4.79 Å². The molecule has 2 bridgehead atoms. The maximum absolute atomic E-state index is 13.6. The summed E-state index contributed by atoms with van der Waals surface area (Å²) in [6, 6.07) is 16.6. The minimum Gasteiger partial charge on any atom is -0.454 e. The summed E-state index contributed by atoms with van der Waals surface area (Å²) in [6.07, 6.45) is 9.51. The summed E-state index contributed by atoms with van der Waals surface area (Å²) in [5.41, 5.74) is 2.88. The van der Waals surface area contributed by atoms with Gasteiger partial charge >= 0.3 is 5.97 Å². The molecule has 2 aromatic carbocycles. The Morgan fingerprint density at radius 2 is 1.60 bits per heavy atom. The summed E-state index contributed by atoms with van der Waals surface area (Å²) in [5.74, 6) is 0.642. The number of carbonyl (C=O) groups is 1. The van der Waals surface area contributed by atoms with Crippen molar-refractivity contribution in [2.75, 3.05) is 0 Å². The number of hydrogen-bond donors (Lipinski definition) is 0. The van der Waals surface area contributed by atoms with Crippen molar-refractivity contribution in [3.05, 3.63) is 58.7 Å². The van der Waals surface area contributed by atoms with Gasteiger partial charge in [-0.05, 0) is 75.3 Å². The van der Waals surface area contributed by atoms with Gasteiger partial charge in [0.2, 0.25) is 0 Å². The molecule has 1 unspecified atom stereocenters. The predicted octanol–water partition coefficient (Wildman–Crippen LogP) is 7.58.